The number of carbonyl (C=O) groups is 1. The number of aromatic carboxylic acids is 1. The van der Waals surface area contributed by atoms with Gasteiger partial charge in [-0.3, -0.25) is 4.72 Å². The van der Waals surface area contributed by atoms with Crippen molar-refractivity contribution in [3.8, 4) is 0 Å². The number of carboxylic acids is 1. The van der Waals surface area contributed by atoms with Crippen LogP contribution in [0.4, 0.5) is 5.69 Å². The Morgan fingerprint density at radius 2 is 1.71 bits per heavy atom. The summed E-state index contributed by atoms with van der Waals surface area (Å²) in [6, 6.07) is 4.85. The van der Waals surface area contributed by atoms with E-state index in [9.17, 15) is 13.2 Å². The van der Waals surface area contributed by atoms with Crippen LogP contribution in [0.3, 0.4) is 0 Å². The molecule has 0 aliphatic rings. The van der Waals surface area contributed by atoms with Crippen molar-refractivity contribution in [3.05, 3.63) is 46.8 Å². The molecule has 2 rings (SSSR count). The number of hydrogen-bond acceptors (Lipinski definition) is 3. The number of hydrogen-bond donors (Lipinski definition) is 3. The molecule has 0 atom stereocenters. The molecule has 0 saturated heterocycles. The SMILES string of the molecule is Cc1cc(C)c(NS(=O)(=O)c2c[nH]c(C(=O)O)c2)c(C)c1. The third-order valence-corrected chi connectivity index (χ3v) is 4.44. The second-order valence-electron chi connectivity index (χ2n) is 4.93. The largest absolute Gasteiger partial charge is 0.477 e. The van der Waals surface area contributed by atoms with Gasteiger partial charge < -0.3 is 10.1 Å². The molecule has 0 saturated carbocycles. The van der Waals surface area contributed by atoms with Crippen molar-refractivity contribution in [2.75, 3.05) is 4.72 Å². The van der Waals surface area contributed by atoms with E-state index in [0.717, 1.165) is 29.0 Å². The number of carboxylic acid groups (broad SMARTS) is 1. The fraction of sp³-hybridized carbons (Fsp3) is 0.214. The summed E-state index contributed by atoms with van der Waals surface area (Å²) in [6.07, 6.45) is 1.16. The Morgan fingerprint density at radius 1 is 1.14 bits per heavy atom. The molecule has 7 heteroatoms. The van der Waals surface area contributed by atoms with E-state index in [4.69, 9.17) is 5.11 Å². The van der Waals surface area contributed by atoms with Crippen molar-refractivity contribution >= 4 is 21.7 Å². The van der Waals surface area contributed by atoms with Crippen LogP contribution in [0.15, 0.2) is 29.3 Å². The van der Waals surface area contributed by atoms with Gasteiger partial charge in [0.25, 0.3) is 10.0 Å². The highest BCUT2D eigenvalue weighted by atomic mass is 32.2. The topological polar surface area (TPSA) is 99.3 Å². The van der Waals surface area contributed by atoms with Gasteiger partial charge in [-0.2, -0.15) is 0 Å². The summed E-state index contributed by atoms with van der Waals surface area (Å²) in [7, 11) is -3.83. The molecular weight excluding hydrogens is 292 g/mol. The van der Waals surface area contributed by atoms with Crippen molar-refractivity contribution in [3.63, 3.8) is 0 Å². The first kappa shape index (κ1) is 15.1. The van der Waals surface area contributed by atoms with Crippen LogP contribution in [0.25, 0.3) is 0 Å². The summed E-state index contributed by atoms with van der Waals surface area (Å²) in [4.78, 5) is 13.1. The monoisotopic (exact) mass is 308 g/mol. The van der Waals surface area contributed by atoms with Crippen LogP contribution in [0.5, 0.6) is 0 Å². The molecule has 1 heterocycles. The van der Waals surface area contributed by atoms with Gasteiger partial charge in [0.1, 0.15) is 10.6 Å². The summed E-state index contributed by atoms with van der Waals surface area (Å²) in [5.74, 6) is -1.21. The zero-order valence-electron chi connectivity index (χ0n) is 11.9. The van der Waals surface area contributed by atoms with Gasteiger partial charge in [-0.05, 0) is 38.0 Å². The van der Waals surface area contributed by atoms with E-state index in [2.05, 4.69) is 9.71 Å². The summed E-state index contributed by atoms with van der Waals surface area (Å²) in [5.41, 5.74) is 3.00. The van der Waals surface area contributed by atoms with Crippen molar-refractivity contribution in [1.82, 2.24) is 4.98 Å². The number of H-pyrrole nitrogens is 1. The van der Waals surface area contributed by atoms with Gasteiger partial charge in [0.2, 0.25) is 0 Å². The maximum Gasteiger partial charge on any atom is 0.352 e. The molecule has 0 fully saturated rings. The standard InChI is InChI=1S/C14H16N2O4S/c1-8-4-9(2)13(10(3)5-8)16-21(19,20)11-6-12(14(17)18)15-7-11/h4-7,15-16H,1-3H3,(H,17,18). The second-order valence-corrected chi connectivity index (χ2v) is 6.62. The zero-order valence-corrected chi connectivity index (χ0v) is 12.7. The minimum absolute atomic E-state index is 0.112. The van der Waals surface area contributed by atoms with Crippen molar-refractivity contribution in [2.45, 2.75) is 25.7 Å². The van der Waals surface area contributed by atoms with E-state index in [1.165, 1.54) is 0 Å². The first-order valence-electron chi connectivity index (χ1n) is 6.23. The third kappa shape index (κ3) is 3.08. The van der Waals surface area contributed by atoms with Gasteiger partial charge in [0, 0.05) is 6.20 Å². The van der Waals surface area contributed by atoms with Crippen LogP contribution < -0.4 is 4.72 Å². The molecule has 2 aromatic rings. The fourth-order valence-corrected chi connectivity index (χ4v) is 3.38. The number of anilines is 1. The molecule has 21 heavy (non-hydrogen) atoms. The molecule has 3 N–H and O–H groups in total. The Kier molecular flexibility index (Phi) is 3.78. The van der Waals surface area contributed by atoms with Crippen LogP contribution in [-0.4, -0.2) is 24.5 Å². The van der Waals surface area contributed by atoms with Gasteiger partial charge in [0.15, 0.2) is 0 Å². The molecule has 0 spiro atoms. The number of aromatic nitrogens is 1. The first-order chi connectivity index (χ1) is 9.70. The van der Waals surface area contributed by atoms with Crippen molar-refractivity contribution in [2.24, 2.45) is 0 Å². The van der Waals surface area contributed by atoms with E-state index >= 15 is 0 Å². The normalized spacial score (nSPS) is 11.4. The summed E-state index contributed by atoms with van der Waals surface area (Å²) >= 11 is 0. The maximum absolute atomic E-state index is 12.3. The highest BCUT2D eigenvalue weighted by Gasteiger charge is 2.20. The second kappa shape index (κ2) is 5.25. The minimum atomic E-state index is -3.83. The maximum atomic E-state index is 12.3. The molecule has 1 aromatic carbocycles. The van der Waals surface area contributed by atoms with E-state index in [1.54, 1.807) is 0 Å². The predicted octanol–water partition coefficient (Wildman–Crippen LogP) is 2.44. The van der Waals surface area contributed by atoms with Crippen LogP contribution in [0.2, 0.25) is 0 Å². The molecular formula is C14H16N2O4S. The Morgan fingerprint density at radius 3 is 2.19 bits per heavy atom. The lowest BCUT2D eigenvalue weighted by atomic mass is 10.1. The van der Waals surface area contributed by atoms with Crippen LogP contribution in [-0.2, 0) is 10.0 Å². The van der Waals surface area contributed by atoms with Gasteiger partial charge >= 0.3 is 5.97 Å². The molecule has 1 aromatic heterocycles. The third-order valence-electron chi connectivity index (χ3n) is 3.11. The van der Waals surface area contributed by atoms with E-state index in [1.807, 2.05) is 32.9 Å². The van der Waals surface area contributed by atoms with Gasteiger partial charge in [-0.15, -0.1) is 0 Å². The van der Waals surface area contributed by atoms with Gasteiger partial charge in [-0.1, -0.05) is 17.7 Å². The molecule has 0 radical (unpaired) electrons. The lowest BCUT2D eigenvalue weighted by Crippen LogP contribution is -2.14. The molecule has 0 bridgehead atoms. The van der Waals surface area contributed by atoms with Crippen molar-refractivity contribution in [1.29, 1.82) is 0 Å². The van der Waals surface area contributed by atoms with E-state index in [0.29, 0.717) is 5.69 Å². The Hall–Kier alpha value is -2.28. The van der Waals surface area contributed by atoms with E-state index < -0.39 is 16.0 Å². The molecule has 6 nitrogen and oxygen atoms in total. The average Bonchev–Trinajstić information content (AvgIpc) is 2.84. The lowest BCUT2D eigenvalue weighted by molar-refractivity contribution is 0.0691. The van der Waals surface area contributed by atoms with Crippen LogP contribution >= 0.6 is 0 Å². The zero-order chi connectivity index (χ0) is 15.8. The van der Waals surface area contributed by atoms with E-state index in [-0.39, 0.29) is 10.6 Å². The quantitative estimate of drug-likeness (QED) is 0.807. The average molecular weight is 308 g/mol. The summed E-state index contributed by atoms with van der Waals surface area (Å²) < 4.78 is 27.1. The number of sulfonamides is 1. The first-order valence-corrected chi connectivity index (χ1v) is 7.71. The number of aryl methyl sites for hydroxylation is 3. The van der Waals surface area contributed by atoms with Crippen LogP contribution in [0.1, 0.15) is 27.2 Å². The molecule has 112 valence electrons. The molecule has 0 aliphatic carbocycles. The molecule has 0 unspecified atom stereocenters. The number of rotatable bonds is 4. The summed E-state index contributed by atoms with van der Waals surface area (Å²) in [5, 5.41) is 8.83. The number of nitrogens with one attached hydrogen (secondary N) is 2. The highest BCUT2D eigenvalue weighted by molar-refractivity contribution is 7.92. The smallest absolute Gasteiger partial charge is 0.352 e. The molecule has 0 amide bonds. The lowest BCUT2D eigenvalue weighted by Gasteiger charge is -2.13. The minimum Gasteiger partial charge on any atom is -0.477 e. The van der Waals surface area contributed by atoms with Crippen LogP contribution in [0, 0.1) is 20.8 Å². The predicted molar refractivity (Wildman–Crippen MR) is 79.2 cm³/mol. The summed E-state index contributed by atoms with van der Waals surface area (Å²) in [6.45, 7) is 5.57. The molecule has 0 aliphatic heterocycles. The number of aromatic amines is 1. The highest BCUT2D eigenvalue weighted by Crippen LogP contribution is 2.25. The Labute approximate surface area is 122 Å². The number of benzene rings is 1. The fourth-order valence-electron chi connectivity index (χ4n) is 2.19. The Bertz CT molecular complexity index is 783. The van der Waals surface area contributed by atoms with Gasteiger partial charge in [0.05, 0.1) is 5.69 Å². The van der Waals surface area contributed by atoms with Gasteiger partial charge in [-0.25, -0.2) is 13.2 Å². The Balaban J connectivity index is 2.40. The van der Waals surface area contributed by atoms with Crippen molar-refractivity contribution < 1.29 is 18.3 Å².